The smallest absolute Gasteiger partial charge is 0.244 e. The molecule has 60 valence electrons. The van der Waals surface area contributed by atoms with Gasteiger partial charge in [0.1, 0.15) is 0 Å². The number of hydrogen-bond acceptors (Lipinski definition) is 5. The van der Waals surface area contributed by atoms with Crippen molar-refractivity contribution in [3.05, 3.63) is 0 Å². The van der Waals surface area contributed by atoms with Crippen LogP contribution in [0.25, 0.3) is 0 Å². The Morgan fingerprint density at radius 1 is 1.60 bits per heavy atom. The topological polar surface area (TPSA) is 132 Å². The van der Waals surface area contributed by atoms with Crippen LogP contribution in [0.15, 0.2) is 5.10 Å². The zero-order valence-corrected chi connectivity index (χ0v) is 5.62. The van der Waals surface area contributed by atoms with E-state index in [1.165, 1.54) is 5.01 Å². The summed E-state index contributed by atoms with van der Waals surface area (Å²) in [6.07, 6.45) is 0. The van der Waals surface area contributed by atoms with Crippen molar-refractivity contribution in [1.82, 2.24) is 10.4 Å². The highest BCUT2D eigenvalue weighted by Gasteiger charge is 2.01. The zero-order chi connectivity index (χ0) is 7.98. The van der Waals surface area contributed by atoms with Crippen molar-refractivity contribution in [3.63, 3.8) is 0 Å². The number of rotatable bonds is 2. The van der Waals surface area contributed by atoms with Crippen molar-refractivity contribution < 1.29 is 0 Å². The van der Waals surface area contributed by atoms with Crippen LogP contribution in [-0.4, -0.2) is 24.1 Å². The highest BCUT2D eigenvalue weighted by molar-refractivity contribution is 5.78. The fraction of sp³-hybridized carbons (Fsp3) is 0.667. The Labute approximate surface area is 58.9 Å². The Balaban J connectivity index is 3.77. The average Bonchev–Trinajstić information content (AvgIpc) is 1.91. The SMILES string of the molecule is NCCN(N)/C(=N/N)NN. The van der Waals surface area contributed by atoms with E-state index in [1.807, 2.05) is 0 Å². The van der Waals surface area contributed by atoms with Crippen LogP contribution in [0.3, 0.4) is 0 Å². The van der Waals surface area contributed by atoms with Crippen molar-refractivity contribution in [2.45, 2.75) is 0 Å². The minimum atomic E-state index is 0.199. The van der Waals surface area contributed by atoms with Crippen molar-refractivity contribution in [2.24, 2.45) is 28.4 Å². The highest BCUT2D eigenvalue weighted by atomic mass is 15.5. The summed E-state index contributed by atoms with van der Waals surface area (Å²) in [7, 11) is 0. The Bertz CT molecular complexity index is 109. The first-order chi connectivity index (χ1) is 4.76. The van der Waals surface area contributed by atoms with E-state index in [0.717, 1.165) is 0 Å². The molecule has 0 aromatic rings. The van der Waals surface area contributed by atoms with Crippen LogP contribution in [0.5, 0.6) is 0 Å². The predicted octanol–water partition coefficient (Wildman–Crippen LogP) is -3.19. The molecule has 9 N–H and O–H groups in total. The van der Waals surface area contributed by atoms with Crippen molar-refractivity contribution in [1.29, 1.82) is 0 Å². The Hall–Kier alpha value is -1.05. The molecule has 0 saturated carbocycles. The fourth-order valence-corrected chi connectivity index (χ4v) is 0.439. The average molecular weight is 147 g/mol. The van der Waals surface area contributed by atoms with E-state index in [4.69, 9.17) is 23.3 Å². The molecule has 10 heavy (non-hydrogen) atoms. The number of hydrazine groups is 2. The molecule has 0 fully saturated rings. The van der Waals surface area contributed by atoms with Gasteiger partial charge in [-0.1, -0.05) is 0 Å². The minimum absolute atomic E-state index is 0.199. The summed E-state index contributed by atoms with van der Waals surface area (Å²) in [5.74, 6) is 15.4. The number of nitrogens with two attached hydrogens (primary N) is 4. The van der Waals surface area contributed by atoms with Gasteiger partial charge in [-0.15, -0.1) is 5.10 Å². The zero-order valence-electron chi connectivity index (χ0n) is 5.62. The molecule has 0 aliphatic carbocycles. The predicted molar refractivity (Wildman–Crippen MR) is 38.9 cm³/mol. The first kappa shape index (κ1) is 8.95. The van der Waals surface area contributed by atoms with Gasteiger partial charge in [0.15, 0.2) is 0 Å². The molecule has 0 aromatic carbocycles. The van der Waals surface area contributed by atoms with E-state index < -0.39 is 0 Å². The molecule has 0 saturated heterocycles. The second kappa shape index (κ2) is 4.79. The normalized spacial score (nSPS) is 11.3. The van der Waals surface area contributed by atoms with Crippen LogP contribution in [-0.2, 0) is 0 Å². The lowest BCUT2D eigenvalue weighted by Gasteiger charge is -2.17. The molecule has 0 heterocycles. The summed E-state index contributed by atoms with van der Waals surface area (Å²) < 4.78 is 0. The lowest BCUT2D eigenvalue weighted by molar-refractivity contribution is 0.431. The maximum atomic E-state index is 5.35. The Morgan fingerprint density at radius 2 is 2.20 bits per heavy atom. The third-order valence-electron chi connectivity index (χ3n) is 0.893. The standard InChI is InChI=1S/C3H13N7/c4-1-2-10(7)3(8-5)9-6/h1-2,4-7H2,(H,8,9). The first-order valence-corrected chi connectivity index (χ1v) is 2.73. The summed E-state index contributed by atoms with van der Waals surface area (Å²) in [5.41, 5.74) is 7.40. The van der Waals surface area contributed by atoms with Gasteiger partial charge in [0, 0.05) is 13.1 Å². The van der Waals surface area contributed by atoms with E-state index in [0.29, 0.717) is 13.1 Å². The van der Waals surface area contributed by atoms with E-state index >= 15 is 0 Å². The number of hydrogen-bond donors (Lipinski definition) is 5. The largest absolute Gasteiger partial charge is 0.329 e. The molecule has 0 spiro atoms. The molecule has 0 aromatic heterocycles. The summed E-state index contributed by atoms with van der Waals surface area (Å²) in [4.78, 5) is 0. The Morgan fingerprint density at radius 3 is 2.50 bits per heavy atom. The quantitative estimate of drug-likeness (QED) is 0.121. The number of nitrogens with one attached hydrogen (secondary N) is 1. The van der Waals surface area contributed by atoms with E-state index in [9.17, 15) is 0 Å². The lowest BCUT2D eigenvalue weighted by atomic mass is 10.6. The third-order valence-corrected chi connectivity index (χ3v) is 0.893. The molecule has 0 aliphatic heterocycles. The summed E-state index contributed by atoms with van der Waals surface area (Å²) >= 11 is 0. The second-order valence-corrected chi connectivity index (χ2v) is 1.58. The molecule has 0 aliphatic rings. The molecule has 0 rings (SSSR count). The van der Waals surface area contributed by atoms with Gasteiger partial charge in [-0.3, -0.25) is 10.4 Å². The molecular formula is C3H13N7. The molecular weight excluding hydrogens is 134 g/mol. The van der Waals surface area contributed by atoms with Gasteiger partial charge < -0.3 is 11.6 Å². The van der Waals surface area contributed by atoms with E-state index in [-0.39, 0.29) is 5.96 Å². The summed E-state index contributed by atoms with van der Waals surface area (Å²) in [5, 5.41) is 4.47. The molecule has 0 unspecified atom stereocenters. The van der Waals surface area contributed by atoms with E-state index in [2.05, 4.69) is 10.5 Å². The Kier molecular flexibility index (Phi) is 4.29. The molecule has 7 heteroatoms. The van der Waals surface area contributed by atoms with Gasteiger partial charge >= 0.3 is 0 Å². The van der Waals surface area contributed by atoms with Gasteiger partial charge in [0.25, 0.3) is 0 Å². The molecule has 0 atom stereocenters. The monoisotopic (exact) mass is 147 g/mol. The maximum absolute atomic E-state index is 5.35. The molecule has 7 nitrogen and oxygen atoms in total. The fourth-order valence-electron chi connectivity index (χ4n) is 0.439. The minimum Gasteiger partial charge on any atom is -0.329 e. The second-order valence-electron chi connectivity index (χ2n) is 1.58. The van der Waals surface area contributed by atoms with Crippen molar-refractivity contribution >= 4 is 5.96 Å². The van der Waals surface area contributed by atoms with Crippen LogP contribution in [0.4, 0.5) is 0 Å². The highest BCUT2D eigenvalue weighted by Crippen LogP contribution is 1.73. The van der Waals surface area contributed by atoms with Gasteiger partial charge in [-0.2, -0.15) is 0 Å². The van der Waals surface area contributed by atoms with Gasteiger partial charge in [-0.05, 0) is 0 Å². The van der Waals surface area contributed by atoms with Crippen LogP contribution in [0.2, 0.25) is 0 Å². The number of nitrogens with zero attached hydrogens (tertiary/aromatic N) is 2. The number of guanidine groups is 1. The van der Waals surface area contributed by atoms with Crippen LogP contribution < -0.4 is 28.7 Å². The first-order valence-electron chi connectivity index (χ1n) is 2.73. The summed E-state index contributed by atoms with van der Waals surface area (Å²) in [6, 6.07) is 0. The van der Waals surface area contributed by atoms with Crippen LogP contribution in [0.1, 0.15) is 0 Å². The summed E-state index contributed by atoms with van der Waals surface area (Å²) in [6.45, 7) is 0.859. The van der Waals surface area contributed by atoms with Crippen LogP contribution >= 0.6 is 0 Å². The molecule has 0 bridgehead atoms. The van der Waals surface area contributed by atoms with Crippen molar-refractivity contribution in [3.8, 4) is 0 Å². The maximum Gasteiger partial charge on any atom is 0.244 e. The van der Waals surface area contributed by atoms with Crippen molar-refractivity contribution in [2.75, 3.05) is 13.1 Å². The molecule has 0 radical (unpaired) electrons. The van der Waals surface area contributed by atoms with E-state index in [1.54, 1.807) is 0 Å². The third kappa shape index (κ3) is 2.49. The molecule has 0 amide bonds. The van der Waals surface area contributed by atoms with Crippen LogP contribution in [0, 0.1) is 0 Å². The van der Waals surface area contributed by atoms with Gasteiger partial charge in [-0.25, -0.2) is 11.7 Å². The lowest BCUT2D eigenvalue weighted by Crippen LogP contribution is -2.50. The van der Waals surface area contributed by atoms with Gasteiger partial charge in [0.2, 0.25) is 5.96 Å². The number of hydrazone groups is 1. The van der Waals surface area contributed by atoms with Gasteiger partial charge in [0.05, 0.1) is 0 Å².